The van der Waals surface area contributed by atoms with Gasteiger partial charge in [0.1, 0.15) is 22.2 Å². The fourth-order valence-electron chi connectivity index (χ4n) is 3.22. The van der Waals surface area contributed by atoms with Crippen molar-refractivity contribution in [2.45, 2.75) is 22.5 Å². The highest BCUT2D eigenvalue weighted by atomic mass is 32.2. The molecule has 1 aliphatic carbocycles. The number of aromatic nitrogens is 3. The summed E-state index contributed by atoms with van der Waals surface area (Å²) >= 11 is 0. The van der Waals surface area contributed by atoms with E-state index >= 15 is 0 Å². The molecule has 4 rings (SSSR count). The van der Waals surface area contributed by atoms with Crippen LogP contribution in [0.3, 0.4) is 0 Å². The Bertz CT molecular complexity index is 1240. The molecule has 1 aliphatic rings. The lowest BCUT2D eigenvalue weighted by atomic mass is 10.2. The van der Waals surface area contributed by atoms with Gasteiger partial charge in [0, 0.05) is 24.9 Å². The number of hydrogen-bond acceptors (Lipinski definition) is 7. The maximum Gasteiger partial charge on any atom is 0.320 e. The zero-order chi connectivity index (χ0) is 22.2. The molecule has 2 amide bonds. The van der Waals surface area contributed by atoms with Gasteiger partial charge in [0.15, 0.2) is 15.7 Å². The van der Waals surface area contributed by atoms with Crippen molar-refractivity contribution in [3.63, 3.8) is 0 Å². The number of nitrogens with one attached hydrogen (secondary N) is 2. The molecule has 11 heteroatoms. The van der Waals surface area contributed by atoms with Crippen LogP contribution in [-0.2, 0) is 14.6 Å². The molecule has 0 aliphatic heterocycles. The van der Waals surface area contributed by atoms with Crippen molar-refractivity contribution in [1.82, 2.24) is 20.3 Å². The van der Waals surface area contributed by atoms with Gasteiger partial charge in [-0.05, 0) is 49.2 Å². The Morgan fingerprint density at radius 1 is 1.13 bits per heavy atom. The smallest absolute Gasteiger partial charge is 0.320 e. The lowest BCUT2D eigenvalue weighted by molar-refractivity contribution is 0.254. The van der Waals surface area contributed by atoms with Crippen LogP contribution in [0.5, 0.6) is 0 Å². The molecule has 2 heterocycles. The number of pyridine rings is 1. The number of nitrogens with two attached hydrogens (primary N) is 1. The number of rotatable bonds is 5. The number of benzene rings is 1. The predicted molar refractivity (Wildman–Crippen MR) is 112 cm³/mol. The third-order valence-electron chi connectivity index (χ3n) is 5.05. The fraction of sp³-hybridized carbons (Fsp3) is 0.200. The Labute approximate surface area is 177 Å². The normalized spacial score (nSPS) is 14.6. The SMILES string of the molecule is CNC(=O)Nc1ccc(-c2nc(N)cc(C3(S(=O)(=O)c4ccc(F)cc4)CC3)n2)cn1. The van der Waals surface area contributed by atoms with Gasteiger partial charge in [-0.3, -0.25) is 5.32 Å². The van der Waals surface area contributed by atoms with Crippen LogP contribution < -0.4 is 16.4 Å². The minimum absolute atomic E-state index is 0.0245. The lowest BCUT2D eigenvalue weighted by Gasteiger charge is -2.17. The van der Waals surface area contributed by atoms with Crippen LogP contribution in [0.15, 0.2) is 53.6 Å². The zero-order valence-corrected chi connectivity index (χ0v) is 17.3. The second kappa shape index (κ2) is 7.58. The molecule has 1 aromatic carbocycles. The largest absolute Gasteiger partial charge is 0.384 e. The molecule has 1 fully saturated rings. The van der Waals surface area contributed by atoms with Crippen LogP contribution in [0.4, 0.5) is 20.8 Å². The van der Waals surface area contributed by atoms with Crippen LogP contribution in [0, 0.1) is 5.82 Å². The molecule has 0 atom stereocenters. The van der Waals surface area contributed by atoms with Gasteiger partial charge in [0.25, 0.3) is 0 Å². The molecule has 0 saturated heterocycles. The number of nitrogens with zero attached hydrogens (tertiary/aromatic N) is 3. The van der Waals surface area contributed by atoms with Crippen molar-refractivity contribution in [2.75, 3.05) is 18.1 Å². The van der Waals surface area contributed by atoms with Gasteiger partial charge in [0.05, 0.1) is 10.6 Å². The first-order chi connectivity index (χ1) is 14.7. The topological polar surface area (TPSA) is 140 Å². The first-order valence-corrected chi connectivity index (χ1v) is 10.8. The van der Waals surface area contributed by atoms with Crippen LogP contribution in [-0.4, -0.2) is 36.4 Å². The van der Waals surface area contributed by atoms with Crippen molar-refractivity contribution in [2.24, 2.45) is 0 Å². The Morgan fingerprint density at radius 2 is 1.84 bits per heavy atom. The molecular formula is C20H19FN6O3S. The molecule has 0 bridgehead atoms. The van der Waals surface area contributed by atoms with E-state index in [-0.39, 0.29) is 22.2 Å². The van der Waals surface area contributed by atoms with Gasteiger partial charge in [-0.15, -0.1) is 0 Å². The summed E-state index contributed by atoms with van der Waals surface area (Å²) in [6, 6.07) is 8.97. The van der Waals surface area contributed by atoms with E-state index in [2.05, 4.69) is 25.6 Å². The van der Waals surface area contributed by atoms with Gasteiger partial charge in [-0.2, -0.15) is 0 Å². The number of sulfone groups is 1. The van der Waals surface area contributed by atoms with E-state index in [0.29, 0.717) is 24.2 Å². The summed E-state index contributed by atoms with van der Waals surface area (Å²) in [5.41, 5.74) is 6.75. The summed E-state index contributed by atoms with van der Waals surface area (Å²) in [4.78, 5) is 24.2. The minimum atomic E-state index is -3.82. The Kier molecular flexibility index (Phi) is 5.05. The number of nitrogen functional groups attached to an aromatic ring is 1. The van der Waals surface area contributed by atoms with E-state index in [1.165, 1.54) is 31.4 Å². The van der Waals surface area contributed by atoms with Gasteiger partial charge in [0.2, 0.25) is 0 Å². The molecular weight excluding hydrogens is 423 g/mol. The zero-order valence-electron chi connectivity index (χ0n) is 16.5. The summed E-state index contributed by atoms with van der Waals surface area (Å²) < 4.78 is 38.6. The molecule has 31 heavy (non-hydrogen) atoms. The van der Waals surface area contributed by atoms with Gasteiger partial charge in [-0.1, -0.05) is 0 Å². The number of urea groups is 1. The quantitative estimate of drug-likeness (QED) is 0.516. The number of carbonyl (C=O) groups is 1. The van der Waals surface area contributed by atoms with E-state index in [1.807, 2.05) is 0 Å². The highest BCUT2D eigenvalue weighted by molar-refractivity contribution is 7.92. The second-order valence-corrected chi connectivity index (χ2v) is 9.35. The highest BCUT2D eigenvalue weighted by Gasteiger charge is 2.57. The summed E-state index contributed by atoms with van der Waals surface area (Å²) in [5, 5.41) is 4.96. The van der Waals surface area contributed by atoms with Crippen molar-refractivity contribution in [3.8, 4) is 11.4 Å². The number of halogens is 1. The summed E-state index contributed by atoms with van der Waals surface area (Å²) in [5.74, 6) is 0.145. The average Bonchev–Trinajstić information content (AvgIpc) is 3.57. The monoisotopic (exact) mass is 442 g/mol. The maximum atomic E-state index is 13.3. The van der Waals surface area contributed by atoms with E-state index in [1.54, 1.807) is 12.1 Å². The standard InChI is InChI=1S/C20H19FN6O3S/c1-23-19(28)27-17-7-2-12(11-24-17)18-25-15(10-16(22)26-18)20(8-9-20)31(29,30)14-5-3-13(21)4-6-14/h2-7,10-11H,8-9H2,1H3,(H2,22,25,26)(H2,23,24,27,28). The fourth-order valence-corrected chi connectivity index (χ4v) is 5.19. The molecule has 160 valence electrons. The van der Waals surface area contributed by atoms with E-state index in [4.69, 9.17) is 5.73 Å². The van der Waals surface area contributed by atoms with Crippen LogP contribution in [0.25, 0.3) is 11.4 Å². The Hall–Kier alpha value is -3.60. The molecule has 9 nitrogen and oxygen atoms in total. The summed E-state index contributed by atoms with van der Waals surface area (Å²) in [7, 11) is -2.33. The van der Waals surface area contributed by atoms with Crippen molar-refractivity contribution in [1.29, 1.82) is 0 Å². The Balaban J connectivity index is 1.70. The van der Waals surface area contributed by atoms with E-state index < -0.39 is 26.4 Å². The van der Waals surface area contributed by atoms with Crippen molar-refractivity contribution < 1.29 is 17.6 Å². The molecule has 4 N–H and O–H groups in total. The first-order valence-electron chi connectivity index (χ1n) is 9.35. The lowest BCUT2D eigenvalue weighted by Crippen LogP contribution is -2.24. The second-order valence-electron chi connectivity index (χ2n) is 7.09. The van der Waals surface area contributed by atoms with Crippen LogP contribution in [0.2, 0.25) is 0 Å². The minimum Gasteiger partial charge on any atom is -0.384 e. The van der Waals surface area contributed by atoms with Gasteiger partial charge < -0.3 is 11.1 Å². The summed E-state index contributed by atoms with van der Waals surface area (Å²) in [6.07, 6.45) is 2.20. The number of amides is 2. The summed E-state index contributed by atoms with van der Waals surface area (Å²) in [6.45, 7) is 0. The molecule has 0 radical (unpaired) electrons. The van der Waals surface area contributed by atoms with Crippen molar-refractivity contribution in [3.05, 3.63) is 60.2 Å². The molecule has 3 aromatic rings. The third kappa shape index (κ3) is 3.79. The van der Waals surface area contributed by atoms with Crippen molar-refractivity contribution >= 4 is 27.5 Å². The third-order valence-corrected chi connectivity index (χ3v) is 7.58. The maximum absolute atomic E-state index is 13.3. The number of anilines is 2. The molecule has 1 saturated carbocycles. The van der Waals surface area contributed by atoms with Gasteiger partial charge >= 0.3 is 6.03 Å². The predicted octanol–water partition coefficient (Wildman–Crippen LogP) is 2.47. The van der Waals surface area contributed by atoms with E-state index in [9.17, 15) is 17.6 Å². The first kappa shape index (κ1) is 20.7. The van der Waals surface area contributed by atoms with Crippen LogP contribution in [0.1, 0.15) is 18.5 Å². The Morgan fingerprint density at radius 3 is 2.42 bits per heavy atom. The molecule has 0 spiro atoms. The molecule has 0 unspecified atom stereocenters. The number of carbonyl (C=O) groups excluding carboxylic acids is 1. The number of hydrogen-bond donors (Lipinski definition) is 3. The van der Waals surface area contributed by atoms with Gasteiger partial charge in [-0.25, -0.2) is 32.6 Å². The molecule has 2 aromatic heterocycles. The average molecular weight is 442 g/mol. The highest BCUT2D eigenvalue weighted by Crippen LogP contribution is 2.54. The van der Waals surface area contributed by atoms with E-state index in [0.717, 1.165) is 12.1 Å². The van der Waals surface area contributed by atoms with Crippen LogP contribution >= 0.6 is 0 Å².